The third-order valence-corrected chi connectivity index (χ3v) is 2.19. The monoisotopic (exact) mass is 171 g/mol. The van der Waals surface area contributed by atoms with Crippen LogP contribution in [0, 0.1) is 5.41 Å². The number of allylic oxidation sites excluding steroid dienone is 1. The summed E-state index contributed by atoms with van der Waals surface area (Å²) in [6.45, 7) is 9.96. The molecule has 0 fully saturated rings. The van der Waals surface area contributed by atoms with Crippen molar-refractivity contribution in [2.45, 2.75) is 20.8 Å². The van der Waals surface area contributed by atoms with Crippen LogP contribution in [0.1, 0.15) is 20.8 Å². The van der Waals surface area contributed by atoms with E-state index in [4.69, 9.17) is 9.94 Å². The molecule has 0 aliphatic rings. The zero-order valence-electron chi connectivity index (χ0n) is 8.22. The molecule has 0 heterocycles. The Bertz CT molecular complexity index is 195. The maximum atomic E-state index is 8.71. The highest BCUT2D eigenvalue weighted by Crippen LogP contribution is 2.26. The molecule has 0 unspecified atom stereocenters. The molecule has 0 aliphatic carbocycles. The molecule has 0 spiro atoms. The minimum atomic E-state index is -0.301. The summed E-state index contributed by atoms with van der Waals surface area (Å²) in [5, 5.41) is 11.9. The summed E-state index contributed by atoms with van der Waals surface area (Å²) in [6.07, 6.45) is 0. The standard InChI is InChI=1S/C9H17NO2/c1-7(2)9(3,4)8(10-11)6-12-5/h11H,1,6H2,2-5H3/b10-8+. The molecule has 0 aliphatic heterocycles. The fraction of sp³-hybridized carbons (Fsp3) is 0.667. The van der Waals surface area contributed by atoms with Gasteiger partial charge in [-0.2, -0.15) is 0 Å². The topological polar surface area (TPSA) is 41.8 Å². The van der Waals surface area contributed by atoms with Gasteiger partial charge in [0.15, 0.2) is 0 Å². The van der Waals surface area contributed by atoms with Crippen LogP contribution in [0.3, 0.4) is 0 Å². The quantitative estimate of drug-likeness (QED) is 0.304. The number of oxime groups is 1. The summed E-state index contributed by atoms with van der Waals surface area (Å²) < 4.78 is 4.90. The van der Waals surface area contributed by atoms with E-state index >= 15 is 0 Å². The molecule has 0 radical (unpaired) electrons. The predicted octanol–water partition coefficient (Wildman–Crippen LogP) is 2.07. The molecular weight excluding hydrogens is 154 g/mol. The van der Waals surface area contributed by atoms with Gasteiger partial charge in [0, 0.05) is 12.5 Å². The molecule has 0 aromatic carbocycles. The Morgan fingerprint density at radius 2 is 2.08 bits per heavy atom. The number of ether oxygens (including phenoxy) is 1. The largest absolute Gasteiger partial charge is 0.411 e. The lowest BCUT2D eigenvalue weighted by atomic mass is 9.81. The average molecular weight is 171 g/mol. The SMILES string of the molecule is C=C(C)C(C)(C)/C(COC)=N/O. The van der Waals surface area contributed by atoms with Gasteiger partial charge in [0.1, 0.15) is 0 Å². The molecule has 0 aromatic rings. The average Bonchev–Trinajstić information content (AvgIpc) is 1.99. The number of nitrogens with zero attached hydrogens (tertiary/aromatic N) is 1. The van der Waals surface area contributed by atoms with Crippen LogP contribution in [-0.2, 0) is 4.74 Å². The van der Waals surface area contributed by atoms with E-state index in [-0.39, 0.29) is 5.41 Å². The molecule has 3 heteroatoms. The molecule has 0 rings (SSSR count). The smallest absolute Gasteiger partial charge is 0.0923 e. The van der Waals surface area contributed by atoms with E-state index < -0.39 is 0 Å². The number of methoxy groups -OCH3 is 1. The Balaban J connectivity index is 4.61. The van der Waals surface area contributed by atoms with Gasteiger partial charge >= 0.3 is 0 Å². The first-order valence-electron chi connectivity index (χ1n) is 3.83. The van der Waals surface area contributed by atoms with Crippen molar-refractivity contribution < 1.29 is 9.94 Å². The third kappa shape index (κ3) is 2.34. The zero-order valence-corrected chi connectivity index (χ0v) is 8.22. The maximum absolute atomic E-state index is 8.71. The van der Waals surface area contributed by atoms with Crippen molar-refractivity contribution in [2.24, 2.45) is 10.6 Å². The summed E-state index contributed by atoms with van der Waals surface area (Å²) in [4.78, 5) is 0. The molecule has 0 aromatic heterocycles. The van der Waals surface area contributed by atoms with Gasteiger partial charge in [-0.15, -0.1) is 0 Å². The van der Waals surface area contributed by atoms with E-state index in [0.717, 1.165) is 5.57 Å². The van der Waals surface area contributed by atoms with Crippen LogP contribution < -0.4 is 0 Å². The second kappa shape index (κ2) is 4.26. The van der Waals surface area contributed by atoms with E-state index in [0.29, 0.717) is 12.3 Å². The van der Waals surface area contributed by atoms with Gasteiger partial charge in [-0.1, -0.05) is 31.2 Å². The molecule has 12 heavy (non-hydrogen) atoms. The van der Waals surface area contributed by atoms with Crippen molar-refractivity contribution in [3.8, 4) is 0 Å². The van der Waals surface area contributed by atoms with E-state index in [1.165, 1.54) is 0 Å². The molecule has 1 N–H and O–H groups in total. The highest BCUT2D eigenvalue weighted by molar-refractivity contribution is 5.92. The van der Waals surface area contributed by atoms with Gasteiger partial charge in [0.05, 0.1) is 12.3 Å². The zero-order chi connectivity index (χ0) is 9.78. The molecule has 0 bridgehead atoms. The van der Waals surface area contributed by atoms with Crippen molar-refractivity contribution >= 4 is 5.71 Å². The van der Waals surface area contributed by atoms with Gasteiger partial charge in [0.25, 0.3) is 0 Å². The van der Waals surface area contributed by atoms with E-state index in [2.05, 4.69) is 11.7 Å². The van der Waals surface area contributed by atoms with Gasteiger partial charge in [-0.25, -0.2) is 0 Å². The van der Waals surface area contributed by atoms with Crippen LogP contribution in [0.15, 0.2) is 17.3 Å². The highest BCUT2D eigenvalue weighted by Gasteiger charge is 2.26. The minimum absolute atomic E-state index is 0.301. The lowest BCUT2D eigenvalue weighted by molar-refractivity contribution is 0.228. The van der Waals surface area contributed by atoms with E-state index in [1.807, 2.05) is 20.8 Å². The Morgan fingerprint density at radius 1 is 1.58 bits per heavy atom. The fourth-order valence-corrected chi connectivity index (χ4v) is 0.717. The summed E-state index contributed by atoms with van der Waals surface area (Å²) in [7, 11) is 1.57. The summed E-state index contributed by atoms with van der Waals surface area (Å²) in [5.41, 5.74) is 1.25. The van der Waals surface area contributed by atoms with Gasteiger partial charge in [0.2, 0.25) is 0 Å². The van der Waals surface area contributed by atoms with Crippen LogP contribution in [0.25, 0.3) is 0 Å². The van der Waals surface area contributed by atoms with Crippen LogP contribution in [0.5, 0.6) is 0 Å². The van der Waals surface area contributed by atoms with Crippen molar-refractivity contribution in [3.05, 3.63) is 12.2 Å². The van der Waals surface area contributed by atoms with Crippen LogP contribution >= 0.6 is 0 Å². The Labute approximate surface area is 73.7 Å². The summed E-state index contributed by atoms with van der Waals surface area (Å²) >= 11 is 0. The summed E-state index contributed by atoms with van der Waals surface area (Å²) in [6, 6.07) is 0. The Kier molecular flexibility index (Phi) is 3.96. The molecule has 0 saturated carbocycles. The lowest BCUT2D eigenvalue weighted by Gasteiger charge is -2.25. The Morgan fingerprint density at radius 3 is 2.33 bits per heavy atom. The minimum Gasteiger partial charge on any atom is -0.411 e. The first kappa shape index (κ1) is 11.2. The molecule has 0 atom stereocenters. The molecule has 3 nitrogen and oxygen atoms in total. The van der Waals surface area contributed by atoms with Crippen molar-refractivity contribution in [1.82, 2.24) is 0 Å². The fourth-order valence-electron chi connectivity index (χ4n) is 0.717. The summed E-state index contributed by atoms with van der Waals surface area (Å²) in [5.74, 6) is 0. The molecule has 0 saturated heterocycles. The Hall–Kier alpha value is -0.830. The van der Waals surface area contributed by atoms with Gasteiger partial charge < -0.3 is 9.94 Å². The third-order valence-electron chi connectivity index (χ3n) is 2.19. The van der Waals surface area contributed by atoms with E-state index in [9.17, 15) is 0 Å². The maximum Gasteiger partial charge on any atom is 0.0923 e. The second-order valence-electron chi connectivity index (χ2n) is 3.39. The van der Waals surface area contributed by atoms with Crippen molar-refractivity contribution in [3.63, 3.8) is 0 Å². The van der Waals surface area contributed by atoms with Crippen LogP contribution in [0.2, 0.25) is 0 Å². The van der Waals surface area contributed by atoms with Crippen LogP contribution in [-0.4, -0.2) is 24.6 Å². The van der Waals surface area contributed by atoms with Gasteiger partial charge in [-0.3, -0.25) is 0 Å². The van der Waals surface area contributed by atoms with E-state index in [1.54, 1.807) is 7.11 Å². The van der Waals surface area contributed by atoms with Crippen molar-refractivity contribution in [2.75, 3.05) is 13.7 Å². The molecular formula is C9H17NO2. The van der Waals surface area contributed by atoms with Crippen molar-refractivity contribution in [1.29, 1.82) is 0 Å². The molecule has 70 valence electrons. The second-order valence-corrected chi connectivity index (χ2v) is 3.39. The highest BCUT2D eigenvalue weighted by atomic mass is 16.5. The van der Waals surface area contributed by atoms with Gasteiger partial charge in [-0.05, 0) is 6.92 Å². The number of hydrogen-bond acceptors (Lipinski definition) is 3. The first-order chi connectivity index (χ1) is 5.46. The predicted molar refractivity (Wildman–Crippen MR) is 49.7 cm³/mol. The first-order valence-corrected chi connectivity index (χ1v) is 3.83. The number of hydrogen-bond donors (Lipinski definition) is 1. The van der Waals surface area contributed by atoms with Crippen LogP contribution in [0.4, 0.5) is 0 Å². The molecule has 0 amide bonds. The number of rotatable bonds is 4. The normalized spacial score (nSPS) is 13.2. The lowest BCUT2D eigenvalue weighted by Crippen LogP contribution is -2.29.